The van der Waals surface area contributed by atoms with Crippen LogP contribution in [0.3, 0.4) is 0 Å². The van der Waals surface area contributed by atoms with Gasteiger partial charge in [-0.15, -0.1) is 0 Å². The van der Waals surface area contributed by atoms with Gasteiger partial charge in [-0.25, -0.2) is 13.8 Å². The van der Waals surface area contributed by atoms with Gasteiger partial charge in [0.1, 0.15) is 0 Å². The first-order chi connectivity index (χ1) is 12.1. The van der Waals surface area contributed by atoms with Crippen LogP contribution in [0.5, 0.6) is 0 Å². The number of aromatic amines is 1. The molecule has 0 spiro atoms. The van der Waals surface area contributed by atoms with E-state index >= 15 is 0 Å². The highest BCUT2D eigenvalue weighted by atomic mass is 19.2. The standard InChI is InChI=1S/C19H15F2N3O/c20-15-7-6-13(8-16(15)21)19(25)24-9-14(12-4-2-1-3-5-12)18-17(10-24)22-11-23-18/h1-8,11,14H,9-10H2,(H,22,23). The number of rotatable bonds is 2. The van der Waals surface area contributed by atoms with Gasteiger partial charge in [0.2, 0.25) is 0 Å². The van der Waals surface area contributed by atoms with Crippen molar-refractivity contribution in [1.82, 2.24) is 14.9 Å². The molecule has 126 valence electrons. The van der Waals surface area contributed by atoms with Crippen molar-refractivity contribution in [2.24, 2.45) is 0 Å². The minimum Gasteiger partial charge on any atom is -0.347 e. The number of aromatic nitrogens is 2. The molecule has 1 amide bonds. The van der Waals surface area contributed by atoms with E-state index in [0.29, 0.717) is 13.1 Å². The highest BCUT2D eigenvalue weighted by Gasteiger charge is 2.31. The molecule has 1 N–H and O–H groups in total. The van der Waals surface area contributed by atoms with Gasteiger partial charge in [-0.1, -0.05) is 30.3 Å². The molecule has 0 radical (unpaired) electrons. The molecule has 4 nitrogen and oxygen atoms in total. The monoisotopic (exact) mass is 339 g/mol. The third-order valence-corrected chi connectivity index (χ3v) is 4.49. The number of carbonyl (C=O) groups is 1. The number of fused-ring (bicyclic) bond motifs is 1. The second-order valence-corrected chi connectivity index (χ2v) is 6.04. The van der Waals surface area contributed by atoms with Crippen LogP contribution in [0.25, 0.3) is 0 Å². The summed E-state index contributed by atoms with van der Waals surface area (Å²) in [4.78, 5) is 21.9. The maximum absolute atomic E-state index is 13.5. The van der Waals surface area contributed by atoms with E-state index in [2.05, 4.69) is 9.97 Å². The van der Waals surface area contributed by atoms with Crippen molar-refractivity contribution in [3.63, 3.8) is 0 Å². The summed E-state index contributed by atoms with van der Waals surface area (Å²) < 4.78 is 26.6. The first-order valence-corrected chi connectivity index (χ1v) is 7.95. The fourth-order valence-corrected chi connectivity index (χ4v) is 3.24. The topological polar surface area (TPSA) is 49.0 Å². The zero-order chi connectivity index (χ0) is 17.4. The molecule has 0 bridgehead atoms. The van der Waals surface area contributed by atoms with Gasteiger partial charge in [0, 0.05) is 18.0 Å². The molecule has 2 aromatic carbocycles. The van der Waals surface area contributed by atoms with Crippen molar-refractivity contribution in [2.75, 3.05) is 6.54 Å². The van der Waals surface area contributed by atoms with Crippen molar-refractivity contribution in [1.29, 1.82) is 0 Å². The summed E-state index contributed by atoms with van der Waals surface area (Å²) in [6, 6.07) is 13.0. The zero-order valence-corrected chi connectivity index (χ0v) is 13.2. The summed E-state index contributed by atoms with van der Waals surface area (Å²) in [6.45, 7) is 0.788. The quantitative estimate of drug-likeness (QED) is 0.777. The van der Waals surface area contributed by atoms with E-state index in [9.17, 15) is 13.6 Å². The van der Waals surface area contributed by atoms with Crippen LogP contribution in [0.2, 0.25) is 0 Å². The normalized spacial score (nSPS) is 16.6. The third kappa shape index (κ3) is 2.80. The second kappa shape index (κ2) is 6.12. The average molecular weight is 339 g/mol. The molecule has 1 aliphatic heterocycles. The molecular weight excluding hydrogens is 324 g/mol. The summed E-state index contributed by atoms with van der Waals surface area (Å²) in [5.41, 5.74) is 2.96. The van der Waals surface area contributed by atoms with Crippen molar-refractivity contribution in [3.8, 4) is 0 Å². The van der Waals surface area contributed by atoms with Crippen LogP contribution in [0.1, 0.15) is 33.2 Å². The maximum Gasteiger partial charge on any atom is 0.254 e. The van der Waals surface area contributed by atoms with E-state index < -0.39 is 11.6 Å². The summed E-state index contributed by atoms with van der Waals surface area (Å²) in [5, 5.41) is 0. The summed E-state index contributed by atoms with van der Waals surface area (Å²) in [5.74, 6) is -2.39. The minimum atomic E-state index is -1.02. The van der Waals surface area contributed by atoms with Gasteiger partial charge >= 0.3 is 0 Å². The molecule has 0 saturated carbocycles. The number of amides is 1. The van der Waals surface area contributed by atoms with Gasteiger partial charge in [0.15, 0.2) is 11.6 Å². The van der Waals surface area contributed by atoms with Crippen LogP contribution in [0, 0.1) is 11.6 Å². The Morgan fingerprint density at radius 2 is 1.92 bits per heavy atom. The van der Waals surface area contributed by atoms with E-state index in [4.69, 9.17) is 0 Å². The number of halogens is 2. The molecule has 4 rings (SSSR count). The Morgan fingerprint density at radius 1 is 1.12 bits per heavy atom. The summed E-state index contributed by atoms with van der Waals surface area (Å²) >= 11 is 0. The van der Waals surface area contributed by atoms with Gasteiger partial charge in [-0.05, 0) is 23.8 Å². The highest BCUT2D eigenvalue weighted by molar-refractivity contribution is 5.94. The first-order valence-electron chi connectivity index (χ1n) is 7.95. The lowest BCUT2D eigenvalue weighted by atomic mass is 9.90. The van der Waals surface area contributed by atoms with Gasteiger partial charge < -0.3 is 9.88 Å². The lowest BCUT2D eigenvalue weighted by Crippen LogP contribution is -2.38. The number of benzene rings is 2. The van der Waals surface area contributed by atoms with Crippen LogP contribution in [0.15, 0.2) is 54.9 Å². The van der Waals surface area contributed by atoms with E-state index in [1.54, 1.807) is 11.2 Å². The summed E-state index contributed by atoms with van der Waals surface area (Å²) in [7, 11) is 0. The van der Waals surface area contributed by atoms with Crippen LogP contribution in [-0.4, -0.2) is 27.3 Å². The molecular formula is C19H15F2N3O. The molecule has 6 heteroatoms. The number of hydrogen-bond donors (Lipinski definition) is 1. The fraction of sp³-hybridized carbons (Fsp3) is 0.158. The zero-order valence-electron chi connectivity index (χ0n) is 13.2. The molecule has 25 heavy (non-hydrogen) atoms. The third-order valence-electron chi connectivity index (χ3n) is 4.49. The number of nitrogens with one attached hydrogen (secondary N) is 1. The number of nitrogens with zero attached hydrogens (tertiary/aromatic N) is 2. The Balaban J connectivity index is 1.68. The highest BCUT2D eigenvalue weighted by Crippen LogP contribution is 2.32. The maximum atomic E-state index is 13.5. The van der Waals surface area contributed by atoms with Crippen molar-refractivity contribution < 1.29 is 13.6 Å². The number of H-pyrrole nitrogens is 1. The molecule has 1 aliphatic rings. The van der Waals surface area contributed by atoms with Gasteiger partial charge in [0.25, 0.3) is 5.91 Å². The summed E-state index contributed by atoms with van der Waals surface area (Å²) in [6.07, 6.45) is 1.62. The van der Waals surface area contributed by atoms with Crippen molar-refractivity contribution >= 4 is 5.91 Å². The number of carbonyl (C=O) groups excluding carboxylic acids is 1. The second-order valence-electron chi connectivity index (χ2n) is 6.04. The predicted octanol–water partition coefficient (Wildman–Crippen LogP) is 3.48. The van der Waals surface area contributed by atoms with Crippen LogP contribution in [-0.2, 0) is 6.54 Å². The Hall–Kier alpha value is -3.02. The molecule has 2 heterocycles. The van der Waals surface area contributed by atoms with Crippen molar-refractivity contribution in [2.45, 2.75) is 12.5 Å². The average Bonchev–Trinajstić information content (AvgIpc) is 3.12. The number of imidazole rings is 1. The Bertz CT molecular complexity index is 923. The molecule has 1 aromatic heterocycles. The molecule has 1 unspecified atom stereocenters. The molecule has 0 saturated heterocycles. The van der Waals surface area contributed by atoms with Crippen LogP contribution in [0.4, 0.5) is 8.78 Å². The van der Waals surface area contributed by atoms with E-state index in [-0.39, 0.29) is 17.4 Å². The Labute approximate surface area is 143 Å². The first kappa shape index (κ1) is 15.5. The van der Waals surface area contributed by atoms with E-state index in [1.807, 2.05) is 30.3 Å². The smallest absolute Gasteiger partial charge is 0.254 e. The number of hydrogen-bond acceptors (Lipinski definition) is 2. The molecule has 3 aromatic rings. The molecule has 0 fully saturated rings. The van der Waals surface area contributed by atoms with Crippen molar-refractivity contribution in [3.05, 3.63) is 89.0 Å². The van der Waals surface area contributed by atoms with Gasteiger partial charge in [-0.3, -0.25) is 4.79 Å². The van der Waals surface area contributed by atoms with Crippen LogP contribution >= 0.6 is 0 Å². The van der Waals surface area contributed by atoms with Crippen LogP contribution < -0.4 is 0 Å². The molecule has 1 atom stereocenters. The fourth-order valence-electron chi connectivity index (χ4n) is 3.24. The Kier molecular flexibility index (Phi) is 3.80. The van der Waals surface area contributed by atoms with E-state index in [1.165, 1.54) is 6.07 Å². The lowest BCUT2D eigenvalue weighted by molar-refractivity contribution is 0.0721. The predicted molar refractivity (Wildman–Crippen MR) is 88.0 cm³/mol. The van der Waals surface area contributed by atoms with Gasteiger partial charge in [-0.2, -0.15) is 0 Å². The lowest BCUT2D eigenvalue weighted by Gasteiger charge is -2.32. The Morgan fingerprint density at radius 3 is 2.68 bits per heavy atom. The minimum absolute atomic E-state index is 0.0644. The van der Waals surface area contributed by atoms with Gasteiger partial charge in [0.05, 0.1) is 24.3 Å². The van der Waals surface area contributed by atoms with E-state index in [0.717, 1.165) is 29.1 Å². The SMILES string of the molecule is O=C(c1ccc(F)c(F)c1)N1Cc2[nH]cnc2C(c2ccccc2)C1. The largest absolute Gasteiger partial charge is 0.347 e. The molecule has 0 aliphatic carbocycles.